The molecule has 2 unspecified atom stereocenters. The summed E-state index contributed by atoms with van der Waals surface area (Å²) >= 11 is 12.2. The first-order valence-electron chi connectivity index (χ1n) is 17.7. The number of imidazole rings is 2. The molecule has 0 radical (unpaired) electrons. The molecule has 0 fully saturated rings. The van der Waals surface area contributed by atoms with Gasteiger partial charge in [0.25, 0.3) is 0 Å². The Kier molecular flexibility index (Phi) is 14.0. The summed E-state index contributed by atoms with van der Waals surface area (Å²) in [4.78, 5) is 31.5. The number of aromatic nitrogens is 4. The summed E-state index contributed by atoms with van der Waals surface area (Å²) in [6.07, 6.45) is 3.58. The van der Waals surface area contributed by atoms with Gasteiger partial charge in [-0.25, -0.2) is 9.97 Å². The molecule has 0 saturated carbocycles. The number of benzene rings is 4. The van der Waals surface area contributed by atoms with Crippen LogP contribution >= 0.6 is 23.2 Å². The van der Waals surface area contributed by atoms with Gasteiger partial charge < -0.3 is 20.0 Å². The Morgan fingerprint density at radius 2 is 1.15 bits per heavy atom. The van der Waals surface area contributed by atoms with E-state index in [0.29, 0.717) is 27.5 Å². The van der Waals surface area contributed by atoms with Crippen molar-refractivity contribution in [3.63, 3.8) is 0 Å². The van der Waals surface area contributed by atoms with Crippen molar-refractivity contribution < 1.29 is 14.7 Å². The summed E-state index contributed by atoms with van der Waals surface area (Å²) in [5.74, 6) is -0.686. The topological polar surface area (TPSA) is 164 Å². The van der Waals surface area contributed by atoms with E-state index in [1.807, 2.05) is 107 Å². The number of carboxylic acid groups (broad SMARTS) is 1. The average molecular weight is 779 g/mol. The number of aliphatic carboxylic acids is 1. The number of fused-ring (bicyclic) bond motifs is 2. The predicted molar refractivity (Wildman–Crippen MR) is 218 cm³/mol. The van der Waals surface area contributed by atoms with Crippen LogP contribution in [-0.4, -0.2) is 36.0 Å². The first-order chi connectivity index (χ1) is 26.0. The van der Waals surface area contributed by atoms with Gasteiger partial charge in [0.2, 0.25) is 0 Å². The van der Waals surface area contributed by atoms with Gasteiger partial charge >= 0.3 is 5.97 Å². The first-order valence-corrected chi connectivity index (χ1v) is 18.4. The van der Waals surface area contributed by atoms with Crippen LogP contribution in [0.4, 0.5) is 0 Å². The second-order valence-corrected chi connectivity index (χ2v) is 15.3. The van der Waals surface area contributed by atoms with Gasteiger partial charge in [0, 0.05) is 12.5 Å². The van der Waals surface area contributed by atoms with Crippen LogP contribution in [0.3, 0.4) is 0 Å². The Balaban J connectivity index is 0.000000202. The Hall–Kier alpha value is -5.52. The lowest BCUT2D eigenvalue weighted by atomic mass is 9.84. The van der Waals surface area contributed by atoms with E-state index in [9.17, 15) is 14.9 Å². The predicted octanol–water partition coefficient (Wildman–Crippen LogP) is 9.54. The quantitative estimate of drug-likeness (QED) is 0.139. The van der Waals surface area contributed by atoms with Crippen molar-refractivity contribution in [3.8, 4) is 12.1 Å². The molecule has 12 heteroatoms. The highest BCUT2D eigenvalue weighted by Crippen LogP contribution is 2.28. The molecule has 0 spiro atoms. The van der Waals surface area contributed by atoms with Crippen LogP contribution in [-0.2, 0) is 33.5 Å². The number of carbonyl (C=O) groups is 2. The van der Waals surface area contributed by atoms with Crippen LogP contribution in [0, 0.1) is 22.7 Å². The van der Waals surface area contributed by atoms with E-state index in [0.717, 1.165) is 33.3 Å². The van der Waals surface area contributed by atoms with Crippen molar-refractivity contribution in [2.45, 2.75) is 83.8 Å². The molecule has 55 heavy (non-hydrogen) atoms. The number of nitrogens with zero attached hydrogens (tertiary/aromatic N) is 6. The molecule has 6 rings (SSSR count). The number of hydrogen-bond donors (Lipinski definition) is 2. The SMILES string of the molecule is CC(CC(=O)Cn1cnc2cccc(Cl)c21)c1ccc(C(C)(C)C#N)cc1.CC(N)c1ccc(C(C)(C)C#N)cc1.O=C(O)Cn1cnc2cccc(Cl)c21. The highest BCUT2D eigenvalue weighted by Gasteiger charge is 2.21. The zero-order chi connectivity index (χ0) is 40.5. The monoisotopic (exact) mass is 777 g/mol. The Bertz CT molecular complexity index is 2350. The molecule has 2 heterocycles. The Morgan fingerprint density at radius 1 is 0.727 bits per heavy atom. The fourth-order valence-corrected chi connectivity index (χ4v) is 6.38. The number of carbonyl (C=O) groups excluding carboxylic acids is 1. The van der Waals surface area contributed by atoms with E-state index in [-0.39, 0.29) is 30.8 Å². The lowest BCUT2D eigenvalue weighted by molar-refractivity contribution is -0.137. The van der Waals surface area contributed by atoms with Gasteiger partial charge in [-0.1, -0.05) is 90.8 Å². The average Bonchev–Trinajstić information content (AvgIpc) is 3.77. The van der Waals surface area contributed by atoms with Crippen molar-refractivity contribution in [2.24, 2.45) is 5.73 Å². The second kappa shape index (κ2) is 18.2. The lowest BCUT2D eigenvalue weighted by Gasteiger charge is -2.17. The molecule has 0 aliphatic carbocycles. The summed E-state index contributed by atoms with van der Waals surface area (Å²) < 4.78 is 3.32. The number of Topliss-reactive ketones (excluding diaryl/α,β-unsaturated/α-hetero) is 1. The summed E-state index contributed by atoms with van der Waals surface area (Å²) in [6.45, 7) is 11.7. The minimum Gasteiger partial charge on any atom is -0.480 e. The summed E-state index contributed by atoms with van der Waals surface area (Å²) in [5, 5.41) is 28.0. The van der Waals surface area contributed by atoms with Gasteiger partial charge in [0.15, 0.2) is 5.78 Å². The standard InChI is InChI=1S/C22H22ClN3O.C12H16N2.C9H7ClN2O2/c1-15(16-7-9-17(10-8-16)22(2,3)13-24)11-18(27)12-26-14-25-20-6-4-5-19(23)21(20)26;1-9(14)10-4-6-11(7-5-10)12(2,3)8-13;10-6-2-1-3-7-9(6)12(5-11-7)4-8(13)14/h4-10,14-15H,11-12H2,1-3H3;4-7,9H,14H2,1-3H3;1-3,5H,4H2,(H,13,14). The fourth-order valence-electron chi connectivity index (χ4n) is 5.82. The van der Waals surface area contributed by atoms with Gasteiger partial charge in [0.05, 0.1) is 74.3 Å². The van der Waals surface area contributed by atoms with Crippen molar-refractivity contribution >= 4 is 57.0 Å². The van der Waals surface area contributed by atoms with Crippen LogP contribution in [0.5, 0.6) is 0 Å². The molecular formula is C43H45Cl2N7O3. The zero-order valence-corrected chi connectivity index (χ0v) is 33.3. The Morgan fingerprint density at radius 3 is 1.55 bits per heavy atom. The van der Waals surface area contributed by atoms with Gasteiger partial charge in [-0.05, 0) is 87.1 Å². The van der Waals surface area contributed by atoms with E-state index in [1.165, 1.54) is 10.9 Å². The number of para-hydroxylation sites is 2. The number of rotatable bonds is 10. The van der Waals surface area contributed by atoms with E-state index >= 15 is 0 Å². The molecule has 284 valence electrons. The Labute approximate surface area is 331 Å². The van der Waals surface area contributed by atoms with E-state index in [1.54, 1.807) is 30.6 Å². The molecule has 3 N–H and O–H groups in total. The van der Waals surface area contributed by atoms with E-state index in [2.05, 4.69) is 22.1 Å². The highest BCUT2D eigenvalue weighted by atomic mass is 35.5. The number of nitriles is 2. The normalized spacial score (nSPS) is 12.3. The number of hydrogen-bond acceptors (Lipinski definition) is 7. The molecule has 0 aliphatic rings. The third-order valence-electron chi connectivity index (χ3n) is 9.28. The molecule has 10 nitrogen and oxygen atoms in total. The molecule has 6 aromatic rings. The van der Waals surface area contributed by atoms with Crippen LogP contribution in [0.1, 0.15) is 82.2 Å². The van der Waals surface area contributed by atoms with Gasteiger partial charge in [-0.15, -0.1) is 0 Å². The van der Waals surface area contributed by atoms with Crippen molar-refractivity contribution in [1.29, 1.82) is 10.5 Å². The largest absolute Gasteiger partial charge is 0.480 e. The van der Waals surface area contributed by atoms with Crippen molar-refractivity contribution in [1.82, 2.24) is 19.1 Å². The molecule has 0 aliphatic heterocycles. The molecule has 4 aromatic carbocycles. The van der Waals surface area contributed by atoms with Crippen LogP contribution in [0.25, 0.3) is 22.1 Å². The number of carboxylic acids is 1. The number of halogens is 2. The third kappa shape index (κ3) is 10.8. The van der Waals surface area contributed by atoms with Crippen LogP contribution < -0.4 is 5.73 Å². The second-order valence-electron chi connectivity index (χ2n) is 14.5. The molecule has 0 saturated heterocycles. The maximum atomic E-state index is 12.6. The van der Waals surface area contributed by atoms with Crippen LogP contribution in [0.2, 0.25) is 10.0 Å². The highest BCUT2D eigenvalue weighted by molar-refractivity contribution is 6.35. The maximum Gasteiger partial charge on any atom is 0.323 e. The van der Waals surface area contributed by atoms with Gasteiger partial charge in [-0.2, -0.15) is 10.5 Å². The summed E-state index contributed by atoms with van der Waals surface area (Å²) in [7, 11) is 0. The van der Waals surface area contributed by atoms with Gasteiger partial charge in [-0.3, -0.25) is 9.59 Å². The molecule has 2 aromatic heterocycles. The maximum absolute atomic E-state index is 12.6. The third-order valence-corrected chi connectivity index (χ3v) is 9.89. The first kappa shape index (κ1) is 42.2. The minimum absolute atomic E-state index is 0.0502. The summed E-state index contributed by atoms with van der Waals surface area (Å²) in [6, 6.07) is 31.3. The molecule has 0 amide bonds. The zero-order valence-electron chi connectivity index (χ0n) is 31.8. The molecular weight excluding hydrogens is 733 g/mol. The minimum atomic E-state index is -0.913. The van der Waals surface area contributed by atoms with Crippen molar-refractivity contribution in [3.05, 3.63) is 130 Å². The van der Waals surface area contributed by atoms with Crippen LogP contribution in [0.15, 0.2) is 97.6 Å². The molecule has 2 atom stereocenters. The van der Waals surface area contributed by atoms with Gasteiger partial charge in [0.1, 0.15) is 6.54 Å². The van der Waals surface area contributed by atoms with E-state index in [4.69, 9.17) is 39.3 Å². The smallest absolute Gasteiger partial charge is 0.323 e. The summed E-state index contributed by atoms with van der Waals surface area (Å²) in [5.41, 5.74) is 12.0. The van der Waals surface area contributed by atoms with Crippen molar-refractivity contribution in [2.75, 3.05) is 0 Å². The molecule has 0 bridgehead atoms. The number of nitrogens with two attached hydrogens (primary N) is 1. The fraction of sp³-hybridized carbons (Fsp3) is 0.302. The lowest BCUT2D eigenvalue weighted by Crippen LogP contribution is -2.14. The van der Waals surface area contributed by atoms with E-state index < -0.39 is 16.8 Å². The number of ketones is 1.